The first kappa shape index (κ1) is 9.00. The van der Waals surface area contributed by atoms with Crippen molar-refractivity contribution in [1.29, 1.82) is 0 Å². The lowest BCUT2D eigenvalue weighted by Crippen LogP contribution is -2.41. The summed E-state index contributed by atoms with van der Waals surface area (Å²) in [6.07, 6.45) is 1.50. The molecule has 0 heterocycles. The summed E-state index contributed by atoms with van der Waals surface area (Å²) in [5.41, 5.74) is 5.62. The topological polar surface area (TPSA) is 60.2 Å². The molecule has 0 radical (unpaired) electrons. The predicted octanol–water partition coefficient (Wildman–Crippen LogP) is 0.301. The van der Waals surface area contributed by atoms with Crippen molar-refractivity contribution in [3.8, 4) is 0 Å². The molecule has 0 aliphatic heterocycles. The third-order valence-electron chi connectivity index (χ3n) is 2.57. The van der Waals surface area contributed by atoms with E-state index in [0.717, 1.165) is 12.8 Å². The quantitative estimate of drug-likeness (QED) is 0.674. The van der Waals surface area contributed by atoms with Gasteiger partial charge in [-0.05, 0) is 19.8 Å². The Balaban J connectivity index is 2.91. The molecule has 1 atom stereocenters. The van der Waals surface area contributed by atoms with Gasteiger partial charge in [0.1, 0.15) is 0 Å². The fourth-order valence-corrected chi connectivity index (χ4v) is 3.33. The summed E-state index contributed by atoms with van der Waals surface area (Å²) in [5.74, 6) is 0.217. The average molecular weight is 177 g/mol. The van der Waals surface area contributed by atoms with Crippen molar-refractivity contribution in [3.05, 3.63) is 0 Å². The molecular weight excluding hydrogens is 162 g/mol. The summed E-state index contributed by atoms with van der Waals surface area (Å²) >= 11 is 0. The van der Waals surface area contributed by atoms with Crippen LogP contribution in [0.15, 0.2) is 0 Å². The molecule has 0 amide bonds. The van der Waals surface area contributed by atoms with Crippen molar-refractivity contribution in [3.63, 3.8) is 0 Å². The summed E-state index contributed by atoms with van der Waals surface area (Å²) < 4.78 is 22.3. The molecule has 0 aromatic carbocycles. The lowest BCUT2D eigenvalue weighted by Gasteiger charge is -2.18. The van der Waals surface area contributed by atoms with Crippen LogP contribution in [-0.2, 0) is 9.84 Å². The van der Waals surface area contributed by atoms with Crippen LogP contribution in [0.5, 0.6) is 0 Å². The van der Waals surface area contributed by atoms with Gasteiger partial charge < -0.3 is 5.73 Å². The van der Waals surface area contributed by atoms with E-state index in [4.69, 9.17) is 5.73 Å². The van der Waals surface area contributed by atoms with E-state index in [1.165, 1.54) is 0 Å². The largest absolute Gasteiger partial charge is 0.327 e. The van der Waals surface area contributed by atoms with Gasteiger partial charge in [0.05, 0.1) is 4.75 Å². The smallest absolute Gasteiger partial charge is 0.157 e. The Morgan fingerprint density at radius 3 is 2.09 bits per heavy atom. The Morgan fingerprint density at radius 1 is 1.55 bits per heavy atom. The first-order valence-electron chi connectivity index (χ1n) is 3.94. The second-order valence-electron chi connectivity index (χ2n) is 3.26. The summed E-state index contributed by atoms with van der Waals surface area (Å²) in [6, 6.07) is -0.215. The van der Waals surface area contributed by atoms with Crippen molar-refractivity contribution < 1.29 is 8.42 Å². The molecular formula is C7H15NO2S. The maximum absolute atomic E-state index is 11.4. The zero-order valence-electron chi connectivity index (χ0n) is 7.00. The zero-order valence-corrected chi connectivity index (χ0v) is 7.82. The average Bonchev–Trinajstić information content (AvgIpc) is 2.66. The Labute approximate surface area is 67.9 Å². The van der Waals surface area contributed by atoms with Crippen molar-refractivity contribution in [2.24, 2.45) is 5.73 Å². The number of nitrogens with two attached hydrogens (primary N) is 1. The van der Waals surface area contributed by atoms with Crippen LogP contribution >= 0.6 is 0 Å². The highest BCUT2D eigenvalue weighted by atomic mass is 32.2. The molecule has 0 saturated heterocycles. The minimum Gasteiger partial charge on any atom is -0.327 e. The Kier molecular flexibility index (Phi) is 2.01. The van der Waals surface area contributed by atoms with Crippen molar-refractivity contribution >= 4 is 9.84 Å². The maximum Gasteiger partial charge on any atom is 0.157 e. The molecule has 0 spiro atoms. The van der Waals surface area contributed by atoms with Crippen LogP contribution in [0.25, 0.3) is 0 Å². The zero-order chi connectivity index (χ0) is 8.70. The third-order valence-corrected chi connectivity index (χ3v) is 5.35. The van der Waals surface area contributed by atoms with Gasteiger partial charge >= 0.3 is 0 Å². The molecule has 11 heavy (non-hydrogen) atoms. The fourth-order valence-electron chi connectivity index (χ4n) is 1.46. The molecule has 66 valence electrons. The van der Waals surface area contributed by atoms with Gasteiger partial charge in [-0.3, -0.25) is 0 Å². The monoisotopic (exact) mass is 177 g/mol. The minimum atomic E-state index is -2.91. The van der Waals surface area contributed by atoms with Crippen LogP contribution in [0.1, 0.15) is 26.7 Å². The maximum atomic E-state index is 11.4. The van der Waals surface area contributed by atoms with Crippen molar-refractivity contribution in [2.45, 2.75) is 37.5 Å². The van der Waals surface area contributed by atoms with E-state index in [9.17, 15) is 8.42 Å². The van der Waals surface area contributed by atoms with Crippen LogP contribution < -0.4 is 5.73 Å². The molecule has 1 saturated carbocycles. The summed E-state index contributed by atoms with van der Waals surface area (Å²) in [7, 11) is -2.91. The number of sulfone groups is 1. The molecule has 1 fully saturated rings. The van der Waals surface area contributed by atoms with E-state index < -0.39 is 14.6 Å². The van der Waals surface area contributed by atoms with Crippen LogP contribution in [0.4, 0.5) is 0 Å². The fraction of sp³-hybridized carbons (Fsp3) is 1.00. The van der Waals surface area contributed by atoms with E-state index in [1.54, 1.807) is 13.8 Å². The third kappa shape index (κ3) is 1.18. The highest BCUT2D eigenvalue weighted by Crippen LogP contribution is 2.45. The van der Waals surface area contributed by atoms with E-state index in [1.807, 2.05) is 0 Å². The standard InChI is InChI=1S/C7H15NO2S/c1-3-11(9,10)7(4-5-7)6(2)8/h6H,3-5,8H2,1-2H3. The van der Waals surface area contributed by atoms with Gasteiger partial charge in [-0.2, -0.15) is 0 Å². The molecule has 1 aliphatic carbocycles. The molecule has 4 heteroatoms. The second kappa shape index (κ2) is 2.45. The number of hydrogen-bond acceptors (Lipinski definition) is 3. The van der Waals surface area contributed by atoms with Gasteiger partial charge in [-0.25, -0.2) is 8.42 Å². The second-order valence-corrected chi connectivity index (χ2v) is 5.88. The summed E-state index contributed by atoms with van der Waals surface area (Å²) in [4.78, 5) is 0. The first-order valence-corrected chi connectivity index (χ1v) is 5.59. The van der Waals surface area contributed by atoms with Crippen molar-refractivity contribution in [2.75, 3.05) is 5.75 Å². The van der Waals surface area contributed by atoms with E-state index >= 15 is 0 Å². The lowest BCUT2D eigenvalue weighted by atomic mass is 10.2. The van der Waals surface area contributed by atoms with Crippen LogP contribution in [0.3, 0.4) is 0 Å². The molecule has 0 bridgehead atoms. The number of hydrogen-bond donors (Lipinski definition) is 1. The van der Waals surface area contributed by atoms with Gasteiger partial charge in [-0.15, -0.1) is 0 Å². The molecule has 3 nitrogen and oxygen atoms in total. The summed E-state index contributed by atoms with van der Waals surface area (Å²) in [6.45, 7) is 3.46. The highest BCUT2D eigenvalue weighted by Gasteiger charge is 2.55. The predicted molar refractivity (Wildman–Crippen MR) is 45.1 cm³/mol. The van der Waals surface area contributed by atoms with Crippen molar-refractivity contribution in [1.82, 2.24) is 0 Å². The molecule has 1 rings (SSSR count). The van der Waals surface area contributed by atoms with Gasteiger partial charge in [0.25, 0.3) is 0 Å². The van der Waals surface area contributed by atoms with Crippen LogP contribution in [-0.4, -0.2) is 25.0 Å². The normalized spacial score (nSPS) is 24.6. The molecule has 1 unspecified atom stereocenters. The van der Waals surface area contributed by atoms with Crippen LogP contribution in [0.2, 0.25) is 0 Å². The van der Waals surface area contributed by atoms with Gasteiger partial charge in [0.15, 0.2) is 9.84 Å². The van der Waals surface area contributed by atoms with E-state index in [2.05, 4.69) is 0 Å². The lowest BCUT2D eigenvalue weighted by molar-refractivity contribution is 0.555. The molecule has 2 N–H and O–H groups in total. The van der Waals surface area contributed by atoms with Gasteiger partial charge in [0, 0.05) is 11.8 Å². The van der Waals surface area contributed by atoms with E-state index in [-0.39, 0.29) is 11.8 Å². The minimum absolute atomic E-state index is 0.215. The highest BCUT2D eigenvalue weighted by molar-refractivity contribution is 7.93. The first-order chi connectivity index (χ1) is 4.96. The number of rotatable bonds is 3. The van der Waals surface area contributed by atoms with Crippen LogP contribution in [0, 0.1) is 0 Å². The molecule has 0 aromatic rings. The SMILES string of the molecule is CCS(=O)(=O)C1(C(C)N)CC1. The van der Waals surface area contributed by atoms with E-state index in [0.29, 0.717) is 0 Å². The van der Waals surface area contributed by atoms with Gasteiger partial charge in [0.2, 0.25) is 0 Å². The Morgan fingerprint density at radius 2 is 2.00 bits per heavy atom. The summed E-state index contributed by atoms with van der Waals surface area (Å²) in [5, 5.41) is 0. The molecule has 0 aromatic heterocycles. The Hall–Kier alpha value is -0.0900. The van der Waals surface area contributed by atoms with Gasteiger partial charge in [-0.1, -0.05) is 6.92 Å². The molecule has 1 aliphatic rings. The Bertz CT molecular complexity index is 239.